The third-order valence-corrected chi connectivity index (χ3v) is 6.08. The molecule has 27 heavy (non-hydrogen) atoms. The predicted molar refractivity (Wildman–Crippen MR) is 100 cm³/mol. The average molecular weight is 410 g/mol. The van der Waals surface area contributed by atoms with Crippen LogP contribution in [0.2, 0.25) is 5.02 Å². The maximum absolute atomic E-state index is 12.8. The Morgan fingerprint density at radius 2 is 1.93 bits per heavy atom. The Labute approximate surface area is 160 Å². The van der Waals surface area contributed by atoms with Crippen LogP contribution in [0.4, 0.5) is 11.4 Å². The van der Waals surface area contributed by atoms with Gasteiger partial charge in [-0.2, -0.15) is 4.72 Å². The molecule has 0 aromatic heterocycles. The van der Waals surface area contributed by atoms with Crippen molar-refractivity contribution in [1.29, 1.82) is 0 Å². The average Bonchev–Trinajstić information content (AvgIpc) is 3.04. The van der Waals surface area contributed by atoms with Gasteiger partial charge in [-0.3, -0.25) is 14.9 Å². The fraction of sp³-hybridized carbons (Fsp3) is 0.235. The lowest BCUT2D eigenvalue weighted by molar-refractivity contribution is -0.384. The molecular weight excluding hydrogens is 394 g/mol. The summed E-state index contributed by atoms with van der Waals surface area (Å²) in [5.41, 5.74) is 1.12. The number of fused-ring (bicyclic) bond motifs is 1. The molecule has 3 rings (SSSR count). The molecule has 1 aliphatic heterocycles. The monoisotopic (exact) mass is 409 g/mol. The Balaban J connectivity index is 1.80. The number of hydrogen-bond acceptors (Lipinski definition) is 5. The molecule has 0 bridgehead atoms. The standard InChI is InChI=1S/C17H16ClN3O5S/c1-11(19-27(25,26)15-6-3-13(18)4-7-15)17(22)20-9-8-12-2-5-14(21(23)24)10-16(12)20/h2-7,10-11,19H,8-9H2,1H3/t11-/m0/s1. The van der Waals surface area contributed by atoms with Crippen molar-refractivity contribution >= 4 is 38.9 Å². The maximum atomic E-state index is 12.8. The minimum absolute atomic E-state index is 0.0102. The minimum Gasteiger partial charge on any atom is -0.310 e. The van der Waals surface area contributed by atoms with Gasteiger partial charge >= 0.3 is 0 Å². The largest absolute Gasteiger partial charge is 0.310 e. The van der Waals surface area contributed by atoms with Gasteiger partial charge in [-0.1, -0.05) is 17.7 Å². The molecule has 142 valence electrons. The van der Waals surface area contributed by atoms with Crippen molar-refractivity contribution in [1.82, 2.24) is 4.72 Å². The van der Waals surface area contributed by atoms with Gasteiger partial charge in [-0.15, -0.1) is 0 Å². The van der Waals surface area contributed by atoms with Crippen molar-refractivity contribution in [2.45, 2.75) is 24.3 Å². The van der Waals surface area contributed by atoms with Crippen LogP contribution >= 0.6 is 11.6 Å². The normalized spacial score (nSPS) is 14.7. The van der Waals surface area contributed by atoms with Gasteiger partial charge in [0, 0.05) is 23.7 Å². The number of nitrogens with one attached hydrogen (secondary N) is 1. The second kappa shape index (κ2) is 7.26. The third kappa shape index (κ3) is 3.95. The lowest BCUT2D eigenvalue weighted by atomic mass is 10.1. The Kier molecular flexibility index (Phi) is 5.18. The summed E-state index contributed by atoms with van der Waals surface area (Å²) in [7, 11) is -3.91. The first-order chi connectivity index (χ1) is 12.7. The van der Waals surface area contributed by atoms with Crippen molar-refractivity contribution in [3.8, 4) is 0 Å². The van der Waals surface area contributed by atoms with Gasteiger partial charge in [-0.05, 0) is 43.2 Å². The first-order valence-corrected chi connectivity index (χ1v) is 9.92. The fourth-order valence-corrected chi connectivity index (χ4v) is 4.23. The summed E-state index contributed by atoms with van der Waals surface area (Å²) in [4.78, 5) is 24.6. The van der Waals surface area contributed by atoms with Crippen LogP contribution in [-0.2, 0) is 21.2 Å². The Morgan fingerprint density at radius 3 is 2.56 bits per heavy atom. The number of carbonyl (C=O) groups excluding carboxylic acids is 1. The van der Waals surface area contributed by atoms with Crippen LogP contribution in [0.15, 0.2) is 47.4 Å². The molecule has 1 atom stereocenters. The number of non-ortho nitro benzene ring substituents is 1. The zero-order valence-corrected chi connectivity index (χ0v) is 15.8. The van der Waals surface area contributed by atoms with Gasteiger partial charge in [0.1, 0.15) is 0 Å². The first-order valence-electron chi connectivity index (χ1n) is 8.05. The molecule has 2 aromatic rings. The summed E-state index contributed by atoms with van der Waals surface area (Å²) in [5, 5.41) is 11.4. The highest BCUT2D eigenvalue weighted by atomic mass is 35.5. The Bertz CT molecular complexity index is 1010. The van der Waals surface area contributed by atoms with E-state index in [9.17, 15) is 23.3 Å². The fourth-order valence-electron chi connectivity index (χ4n) is 2.91. The first kappa shape index (κ1) is 19.3. The van der Waals surface area contributed by atoms with Crippen LogP contribution in [0.25, 0.3) is 0 Å². The second-order valence-electron chi connectivity index (χ2n) is 6.11. The molecule has 0 unspecified atom stereocenters. The summed E-state index contributed by atoms with van der Waals surface area (Å²) in [5.74, 6) is -0.480. The van der Waals surface area contributed by atoms with Gasteiger partial charge in [0.25, 0.3) is 5.69 Å². The predicted octanol–water partition coefficient (Wildman–Crippen LogP) is 2.50. The molecule has 1 heterocycles. The van der Waals surface area contributed by atoms with E-state index in [1.165, 1.54) is 48.2 Å². The number of halogens is 1. The van der Waals surface area contributed by atoms with E-state index in [2.05, 4.69) is 4.72 Å². The van der Waals surface area contributed by atoms with E-state index in [1.54, 1.807) is 6.07 Å². The highest BCUT2D eigenvalue weighted by Gasteiger charge is 2.31. The van der Waals surface area contributed by atoms with Crippen molar-refractivity contribution < 1.29 is 18.1 Å². The van der Waals surface area contributed by atoms with Crippen LogP contribution in [0.1, 0.15) is 12.5 Å². The van der Waals surface area contributed by atoms with Crippen LogP contribution in [0, 0.1) is 10.1 Å². The highest BCUT2D eigenvalue weighted by Crippen LogP contribution is 2.32. The van der Waals surface area contributed by atoms with Crippen molar-refractivity contribution in [3.05, 3.63) is 63.2 Å². The Morgan fingerprint density at radius 1 is 1.26 bits per heavy atom. The van der Waals surface area contributed by atoms with E-state index in [-0.39, 0.29) is 10.6 Å². The number of amides is 1. The number of carbonyl (C=O) groups is 1. The lowest BCUT2D eigenvalue weighted by Crippen LogP contribution is -2.46. The number of nitro benzene ring substituents is 1. The molecule has 0 fully saturated rings. The molecule has 0 saturated heterocycles. The van der Waals surface area contributed by atoms with E-state index in [0.717, 1.165) is 5.56 Å². The van der Waals surface area contributed by atoms with Crippen LogP contribution in [0.5, 0.6) is 0 Å². The molecule has 1 N–H and O–H groups in total. The zero-order chi connectivity index (χ0) is 19.8. The highest BCUT2D eigenvalue weighted by molar-refractivity contribution is 7.89. The zero-order valence-electron chi connectivity index (χ0n) is 14.3. The molecule has 10 heteroatoms. The van der Waals surface area contributed by atoms with Crippen molar-refractivity contribution in [2.24, 2.45) is 0 Å². The van der Waals surface area contributed by atoms with Gasteiger partial charge in [0.2, 0.25) is 15.9 Å². The number of sulfonamides is 1. The van der Waals surface area contributed by atoms with Gasteiger partial charge in [-0.25, -0.2) is 8.42 Å². The molecule has 0 saturated carbocycles. The molecule has 0 radical (unpaired) electrons. The van der Waals surface area contributed by atoms with Crippen LogP contribution in [0.3, 0.4) is 0 Å². The van der Waals surface area contributed by atoms with E-state index >= 15 is 0 Å². The minimum atomic E-state index is -3.91. The third-order valence-electron chi connectivity index (χ3n) is 4.27. The lowest BCUT2D eigenvalue weighted by Gasteiger charge is -2.22. The molecular formula is C17H16ClN3O5S. The van der Waals surface area contributed by atoms with Gasteiger partial charge in [0.15, 0.2) is 0 Å². The topological polar surface area (TPSA) is 110 Å². The van der Waals surface area contributed by atoms with E-state index in [0.29, 0.717) is 23.7 Å². The number of hydrogen-bond donors (Lipinski definition) is 1. The summed E-state index contributed by atoms with van der Waals surface area (Å²) in [6, 6.07) is 8.86. The van der Waals surface area contributed by atoms with Crippen LogP contribution < -0.4 is 9.62 Å². The summed E-state index contributed by atoms with van der Waals surface area (Å²) >= 11 is 5.76. The van der Waals surface area contributed by atoms with E-state index in [4.69, 9.17) is 11.6 Å². The summed E-state index contributed by atoms with van der Waals surface area (Å²) in [6.07, 6.45) is 0.551. The van der Waals surface area contributed by atoms with Crippen molar-refractivity contribution in [3.63, 3.8) is 0 Å². The molecule has 8 nitrogen and oxygen atoms in total. The number of rotatable bonds is 5. The molecule has 1 amide bonds. The number of anilines is 1. The van der Waals surface area contributed by atoms with E-state index < -0.39 is 26.9 Å². The SMILES string of the molecule is C[C@H](NS(=O)(=O)c1ccc(Cl)cc1)C(=O)N1CCc2ccc([N+](=O)[O-])cc21. The van der Waals surface area contributed by atoms with Crippen LogP contribution in [-0.4, -0.2) is 31.8 Å². The number of nitrogens with zero attached hydrogens (tertiary/aromatic N) is 2. The quantitative estimate of drug-likeness (QED) is 0.602. The van der Waals surface area contributed by atoms with E-state index in [1.807, 2.05) is 0 Å². The number of benzene rings is 2. The molecule has 0 aliphatic carbocycles. The summed E-state index contributed by atoms with van der Waals surface area (Å²) in [6.45, 7) is 1.77. The maximum Gasteiger partial charge on any atom is 0.271 e. The number of nitro groups is 1. The molecule has 1 aliphatic rings. The van der Waals surface area contributed by atoms with Crippen molar-refractivity contribution in [2.75, 3.05) is 11.4 Å². The summed E-state index contributed by atoms with van der Waals surface area (Å²) < 4.78 is 27.2. The molecule has 0 spiro atoms. The second-order valence-corrected chi connectivity index (χ2v) is 8.26. The smallest absolute Gasteiger partial charge is 0.271 e. The Hall–Kier alpha value is -2.49. The van der Waals surface area contributed by atoms with Gasteiger partial charge < -0.3 is 4.90 Å². The molecule has 2 aromatic carbocycles. The van der Waals surface area contributed by atoms with Gasteiger partial charge in [0.05, 0.1) is 21.5 Å².